The van der Waals surface area contributed by atoms with E-state index in [1.165, 1.54) is 0 Å². The number of benzene rings is 1. The normalized spacial score (nSPS) is 14.5. The van der Waals surface area contributed by atoms with Crippen LogP contribution in [-0.2, 0) is 0 Å². The Bertz CT molecular complexity index is 316. The minimum atomic E-state index is -0.463. The highest BCUT2D eigenvalue weighted by Gasteiger charge is 2.26. The zero-order valence-electron chi connectivity index (χ0n) is 8.92. The topological polar surface area (TPSA) is 43.1 Å². The largest absolute Gasteiger partial charge is 0.264 e. The highest BCUT2D eigenvalue weighted by molar-refractivity contribution is 8.00. The molecule has 0 aliphatic heterocycles. The van der Waals surface area contributed by atoms with Crippen LogP contribution >= 0.6 is 11.8 Å². The van der Waals surface area contributed by atoms with Gasteiger partial charge in [0.25, 0.3) is 0 Å². The van der Waals surface area contributed by atoms with Crippen LogP contribution in [0.2, 0.25) is 0 Å². The molecule has 0 aliphatic carbocycles. The molecule has 4 heteroatoms. The van der Waals surface area contributed by atoms with E-state index in [9.17, 15) is 10.1 Å². The van der Waals surface area contributed by atoms with Crippen molar-refractivity contribution in [3.63, 3.8) is 0 Å². The third kappa shape index (κ3) is 3.55. The van der Waals surface area contributed by atoms with Crippen LogP contribution in [0.5, 0.6) is 0 Å². The Morgan fingerprint density at radius 3 is 2.47 bits per heavy atom. The summed E-state index contributed by atoms with van der Waals surface area (Å²) in [7, 11) is 0. The molecule has 0 spiro atoms. The van der Waals surface area contributed by atoms with Crippen molar-refractivity contribution in [3.05, 3.63) is 40.4 Å². The second kappa shape index (κ2) is 5.75. The van der Waals surface area contributed by atoms with E-state index in [4.69, 9.17) is 0 Å². The lowest BCUT2D eigenvalue weighted by atomic mass is 10.2. The van der Waals surface area contributed by atoms with Crippen molar-refractivity contribution in [3.8, 4) is 0 Å². The maximum atomic E-state index is 10.8. The molecule has 0 radical (unpaired) electrons. The van der Waals surface area contributed by atoms with Crippen LogP contribution in [0.4, 0.5) is 0 Å². The van der Waals surface area contributed by atoms with Crippen molar-refractivity contribution >= 4 is 11.8 Å². The molecule has 3 nitrogen and oxygen atoms in total. The molecule has 0 aliphatic rings. The van der Waals surface area contributed by atoms with Crippen LogP contribution in [0.15, 0.2) is 35.2 Å². The number of hydrogen-bond acceptors (Lipinski definition) is 3. The van der Waals surface area contributed by atoms with Crippen molar-refractivity contribution in [1.82, 2.24) is 0 Å². The lowest BCUT2D eigenvalue weighted by Crippen LogP contribution is -2.28. The Labute approximate surface area is 94.0 Å². The highest BCUT2D eigenvalue weighted by atomic mass is 32.2. The predicted molar refractivity (Wildman–Crippen MR) is 62.8 cm³/mol. The molecule has 0 N–H and O–H groups in total. The average molecular weight is 225 g/mol. The molecule has 1 aromatic rings. The van der Waals surface area contributed by atoms with Gasteiger partial charge in [0.1, 0.15) is 0 Å². The molecular formula is C11H15NO2S. The van der Waals surface area contributed by atoms with Crippen LogP contribution in [0.3, 0.4) is 0 Å². The summed E-state index contributed by atoms with van der Waals surface area (Å²) in [6.07, 6.45) is 0.577. The third-order valence-electron chi connectivity index (χ3n) is 2.30. The number of nitrogens with zero attached hydrogens (tertiary/aromatic N) is 1. The van der Waals surface area contributed by atoms with E-state index in [1.807, 2.05) is 44.2 Å². The molecule has 1 aromatic carbocycles. The highest BCUT2D eigenvalue weighted by Crippen LogP contribution is 2.26. The van der Waals surface area contributed by atoms with E-state index >= 15 is 0 Å². The fraction of sp³-hybridized carbons (Fsp3) is 0.455. The van der Waals surface area contributed by atoms with Crippen LogP contribution in [0, 0.1) is 10.1 Å². The molecule has 0 saturated heterocycles. The van der Waals surface area contributed by atoms with Gasteiger partial charge in [0.15, 0.2) is 0 Å². The van der Waals surface area contributed by atoms with Gasteiger partial charge in [-0.15, -0.1) is 11.8 Å². The van der Waals surface area contributed by atoms with E-state index in [2.05, 4.69) is 0 Å². The van der Waals surface area contributed by atoms with Gasteiger partial charge < -0.3 is 0 Å². The molecule has 0 saturated carbocycles. The van der Waals surface area contributed by atoms with Crippen molar-refractivity contribution in [1.29, 1.82) is 0 Å². The molecule has 0 bridgehead atoms. The fourth-order valence-electron chi connectivity index (χ4n) is 1.44. The van der Waals surface area contributed by atoms with E-state index < -0.39 is 6.04 Å². The van der Waals surface area contributed by atoms with Crippen LogP contribution in [0.1, 0.15) is 20.3 Å². The van der Waals surface area contributed by atoms with E-state index in [1.54, 1.807) is 11.8 Å². The molecule has 15 heavy (non-hydrogen) atoms. The minimum Gasteiger partial charge on any atom is -0.264 e. The van der Waals surface area contributed by atoms with Crippen molar-refractivity contribution in [2.45, 2.75) is 36.5 Å². The Kier molecular flexibility index (Phi) is 4.62. The van der Waals surface area contributed by atoms with Gasteiger partial charge in [0.05, 0.1) is 5.25 Å². The number of nitro groups is 1. The zero-order chi connectivity index (χ0) is 11.3. The summed E-state index contributed by atoms with van der Waals surface area (Å²) in [6.45, 7) is 3.77. The third-order valence-corrected chi connectivity index (χ3v) is 3.53. The summed E-state index contributed by atoms with van der Waals surface area (Å²) < 4.78 is 0. The zero-order valence-corrected chi connectivity index (χ0v) is 9.74. The van der Waals surface area contributed by atoms with Gasteiger partial charge in [0, 0.05) is 16.2 Å². The molecule has 0 aromatic heterocycles. The van der Waals surface area contributed by atoms with Gasteiger partial charge in [0.2, 0.25) is 6.04 Å². The lowest BCUT2D eigenvalue weighted by Gasteiger charge is -2.14. The van der Waals surface area contributed by atoms with E-state index in [-0.39, 0.29) is 10.2 Å². The standard InChI is InChI=1S/C11H15NO2S/c1-3-11(12(13)14)9(2)15-10-7-5-4-6-8-10/h4-9,11H,3H2,1-2H3/t9-,11-/m1/s1. The first-order valence-electron chi connectivity index (χ1n) is 5.00. The smallest absolute Gasteiger partial charge is 0.224 e. The quantitative estimate of drug-likeness (QED) is 0.439. The Hall–Kier alpha value is -1.03. The summed E-state index contributed by atoms with van der Waals surface area (Å²) in [4.78, 5) is 11.7. The van der Waals surface area contributed by atoms with Crippen LogP contribution in [-0.4, -0.2) is 16.2 Å². The SMILES string of the molecule is CC[C@H]([C@@H](C)Sc1ccccc1)[N+](=O)[O-]. The second-order valence-corrected chi connectivity index (χ2v) is 4.85. The summed E-state index contributed by atoms with van der Waals surface area (Å²) in [5.41, 5.74) is 0. The minimum absolute atomic E-state index is 0.00685. The van der Waals surface area contributed by atoms with Crippen molar-refractivity contribution in [2.24, 2.45) is 0 Å². The fourth-order valence-corrected chi connectivity index (χ4v) is 2.64. The predicted octanol–water partition coefficient (Wildman–Crippen LogP) is 3.22. The molecule has 0 unspecified atom stereocenters. The van der Waals surface area contributed by atoms with Gasteiger partial charge >= 0.3 is 0 Å². The molecule has 0 amide bonds. The van der Waals surface area contributed by atoms with Gasteiger partial charge in [-0.05, 0) is 19.1 Å². The Morgan fingerprint density at radius 2 is 2.00 bits per heavy atom. The summed E-state index contributed by atoms with van der Waals surface area (Å²) in [5.74, 6) is 0. The summed E-state index contributed by atoms with van der Waals surface area (Å²) in [6, 6.07) is 9.33. The van der Waals surface area contributed by atoms with Gasteiger partial charge in [-0.25, -0.2) is 0 Å². The van der Waals surface area contributed by atoms with Gasteiger partial charge in [-0.1, -0.05) is 25.1 Å². The molecule has 0 heterocycles. The van der Waals surface area contributed by atoms with Crippen LogP contribution in [0.25, 0.3) is 0 Å². The molecular weight excluding hydrogens is 210 g/mol. The number of hydrogen-bond donors (Lipinski definition) is 0. The van der Waals surface area contributed by atoms with E-state index in [0.717, 1.165) is 4.90 Å². The first kappa shape index (κ1) is 12.0. The van der Waals surface area contributed by atoms with E-state index in [0.29, 0.717) is 6.42 Å². The number of thioether (sulfide) groups is 1. The molecule has 0 fully saturated rings. The van der Waals surface area contributed by atoms with Crippen LogP contribution < -0.4 is 0 Å². The molecule has 82 valence electrons. The summed E-state index contributed by atoms with van der Waals surface area (Å²) >= 11 is 1.56. The Balaban J connectivity index is 2.62. The Morgan fingerprint density at radius 1 is 1.40 bits per heavy atom. The maximum absolute atomic E-state index is 10.8. The van der Waals surface area contributed by atoms with Crippen molar-refractivity contribution in [2.75, 3.05) is 0 Å². The molecule has 1 rings (SSSR count). The average Bonchev–Trinajstić information content (AvgIpc) is 2.19. The van der Waals surface area contributed by atoms with Gasteiger partial charge in [-0.2, -0.15) is 0 Å². The van der Waals surface area contributed by atoms with Gasteiger partial charge in [-0.3, -0.25) is 10.1 Å². The van der Waals surface area contributed by atoms with Crippen molar-refractivity contribution < 1.29 is 4.92 Å². The molecule has 2 atom stereocenters. The first-order chi connectivity index (χ1) is 7.15. The number of rotatable bonds is 5. The summed E-state index contributed by atoms with van der Waals surface area (Å²) in [5, 5.41) is 10.8. The monoisotopic (exact) mass is 225 g/mol. The maximum Gasteiger partial charge on any atom is 0.224 e. The lowest BCUT2D eigenvalue weighted by molar-refractivity contribution is -0.521. The first-order valence-corrected chi connectivity index (χ1v) is 5.88. The second-order valence-electron chi connectivity index (χ2n) is 3.40.